The first-order valence-corrected chi connectivity index (χ1v) is 22.6. The van der Waals surface area contributed by atoms with Crippen LogP contribution in [-0.4, -0.2) is 30.1 Å². The second kappa shape index (κ2) is 12.4. The molecule has 7 heterocycles. The van der Waals surface area contributed by atoms with Crippen LogP contribution in [0, 0.1) is 0 Å². The number of allylic oxidation sites excluding steroid dienone is 2. The zero-order valence-corrected chi connectivity index (χ0v) is 35.3. The lowest BCUT2D eigenvalue weighted by molar-refractivity contribution is 0.822. The van der Waals surface area contributed by atoms with Gasteiger partial charge in [-0.05, 0) is 78.7 Å². The molecule has 3 aromatic heterocycles. The molecular weight excluding hydrogens is 811 g/mol. The van der Waals surface area contributed by atoms with Crippen LogP contribution in [0.25, 0.3) is 60.6 Å². The molecule has 66 heavy (non-hydrogen) atoms. The lowest BCUT2D eigenvalue weighted by atomic mass is 9.96. The summed E-state index contributed by atoms with van der Waals surface area (Å²) in [6.45, 7) is 0. The van der Waals surface area contributed by atoms with E-state index < -0.39 is 0 Å². The lowest BCUT2D eigenvalue weighted by Gasteiger charge is -2.40. The summed E-state index contributed by atoms with van der Waals surface area (Å²) >= 11 is 0. The zero-order valence-electron chi connectivity index (χ0n) is 35.3. The van der Waals surface area contributed by atoms with Gasteiger partial charge in [0.1, 0.15) is 0 Å². The van der Waals surface area contributed by atoms with Gasteiger partial charge < -0.3 is 14.0 Å². The van der Waals surface area contributed by atoms with Crippen LogP contribution in [0.15, 0.2) is 194 Å². The molecular formula is C57H35N9. The van der Waals surface area contributed by atoms with Crippen molar-refractivity contribution in [1.29, 1.82) is 0 Å². The van der Waals surface area contributed by atoms with Crippen molar-refractivity contribution in [1.82, 2.24) is 24.1 Å². The first-order chi connectivity index (χ1) is 32.8. The highest BCUT2D eigenvalue weighted by Gasteiger charge is 2.44. The number of nitrogens with zero attached hydrogens (tertiary/aromatic N) is 9. The molecule has 0 N–H and O–H groups in total. The second-order valence-corrected chi connectivity index (χ2v) is 17.6. The van der Waals surface area contributed by atoms with Crippen LogP contribution in [-0.2, 0) is 0 Å². The third kappa shape index (κ3) is 4.23. The van der Waals surface area contributed by atoms with Crippen molar-refractivity contribution in [3.8, 4) is 11.4 Å². The molecule has 0 radical (unpaired) electrons. The molecule has 9 heteroatoms. The Morgan fingerprint density at radius 3 is 1.38 bits per heavy atom. The van der Waals surface area contributed by atoms with E-state index in [1.807, 2.05) is 0 Å². The van der Waals surface area contributed by atoms with E-state index in [0.717, 1.165) is 79.7 Å². The second-order valence-electron chi connectivity index (χ2n) is 17.6. The van der Waals surface area contributed by atoms with Gasteiger partial charge in [-0.15, -0.1) is 0 Å². The number of anilines is 11. The SMILES string of the molecule is C1=CCC2C(=C1)c1cccc3c1N2c1ccccc1N3c1nc(N2c3ccccc3-n3c4ccccc4c4cccc2c43)nc(N2c3ccccc3-n3c4ccccc4c4cccc2c43)n1. The fourth-order valence-corrected chi connectivity index (χ4v) is 11.9. The summed E-state index contributed by atoms with van der Waals surface area (Å²) < 4.78 is 4.81. The van der Waals surface area contributed by atoms with Crippen LogP contribution in [0.5, 0.6) is 0 Å². The number of hydrogen-bond donors (Lipinski definition) is 0. The Morgan fingerprint density at radius 2 is 0.803 bits per heavy atom. The molecule has 1 aliphatic carbocycles. The van der Waals surface area contributed by atoms with Gasteiger partial charge >= 0.3 is 0 Å². The van der Waals surface area contributed by atoms with Crippen molar-refractivity contribution in [2.45, 2.75) is 12.5 Å². The average molecular weight is 846 g/mol. The monoisotopic (exact) mass is 845 g/mol. The number of rotatable bonds is 3. The predicted octanol–water partition coefficient (Wildman–Crippen LogP) is 14.3. The van der Waals surface area contributed by atoms with Gasteiger partial charge in [-0.3, -0.25) is 14.7 Å². The highest BCUT2D eigenvalue weighted by Crippen LogP contribution is 2.60. The molecule has 0 bridgehead atoms. The molecule has 0 fully saturated rings. The van der Waals surface area contributed by atoms with E-state index in [9.17, 15) is 0 Å². The van der Waals surface area contributed by atoms with Crippen molar-refractivity contribution in [2.75, 3.05) is 19.6 Å². The van der Waals surface area contributed by atoms with Crippen molar-refractivity contribution in [3.05, 3.63) is 200 Å². The Balaban J connectivity index is 1.02. The van der Waals surface area contributed by atoms with Crippen LogP contribution in [0.3, 0.4) is 0 Å². The van der Waals surface area contributed by atoms with Gasteiger partial charge in [-0.25, -0.2) is 0 Å². The first kappa shape index (κ1) is 34.5. The van der Waals surface area contributed by atoms with Crippen molar-refractivity contribution >= 4 is 113 Å². The van der Waals surface area contributed by atoms with E-state index in [1.54, 1.807) is 0 Å². The van der Waals surface area contributed by atoms with Gasteiger partial charge in [-0.2, -0.15) is 15.0 Å². The Bertz CT molecular complexity index is 3850. The van der Waals surface area contributed by atoms with E-state index in [-0.39, 0.29) is 6.04 Å². The van der Waals surface area contributed by atoms with E-state index in [0.29, 0.717) is 17.8 Å². The van der Waals surface area contributed by atoms with Crippen LogP contribution >= 0.6 is 0 Å². The number of fused-ring (bicyclic) bond motifs is 15. The Kier molecular flexibility index (Phi) is 6.49. The molecule has 0 saturated heterocycles. The quantitative estimate of drug-likeness (QED) is 0.175. The van der Waals surface area contributed by atoms with E-state index in [2.05, 4.69) is 223 Å². The van der Waals surface area contributed by atoms with Crippen LogP contribution in [0.1, 0.15) is 12.0 Å². The summed E-state index contributed by atoms with van der Waals surface area (Å²) in [5.74, 6) is 1.58. The summed E-state index contributed by atoms with van der Waals surface area (Å²) in [5.41, 5.74) is 17.6. The fraction of sp³-hybridized carbons (Fsp3) is 0.0351. The molecule has 16 rings (SSSR count). The van der Waals surface area contributed by atoms with Gasteiger partial charge in [0.2, 0.25) is 17.8 Å². The third-order valence-electron chi connectivity index (χ3n) is 14.4. The van der Waals surface area contributed by atoms with Crippen LogP contribution in [0.2, 0.25) is 0 Å². The van der Waals surface area contributed by atoms with E-state index >= 15 is 0 Å². The van der Waals surface area contributed by atoms with Gasteiger partial charge in [0.25, 0.3) is 0 Å². The number of benzene rings is 8. The minimum absolute atomic E-state index is 0.202. The normalized spacial score (nSPS) is 15.9. The summed E-state index contributed by atoms with van der Waals surface area (Å²) in [4.78, 5) is 26.3. The minimum atomic E-state index is 0.202. The van der Waals surface area contributed by atoms with E-state index in [4.69, 9.17) is 15.0 Å². The number of aromatic nitrogens is 5. The lowest BCUT2D eigenvalue weighted by Crippen LogP contribution is -2.33. The van der Waals surface area contributed by atoms with Crippen molar-refractivity contribution in [3.63, 3.8) is 0 Å². The fourth-order valence-electron chi connectivity index (χ4n) is 11.9. The summed E-state index contributed by atoms with van der Waals surface area (Å²) in [6.07, 6.45) is 7.70. The number of para-hydroxylation sites is 11. The molecule has 0 spiro atoms. The predicted molar refractivity (Wildman–Crippen MR) is 267 cm³/mol. The largest absolute Gasteiger partial charge is 0.330 e. The maximum Gasteiger partial charge on any atom is 0.241 e. The molecule has 0 saturated carbocycles. The van der Waals surface area contributed by atoms with E-state index in [1.165, 1.54) is 38.4 Å². The molecule has 11 aromatic rings. The number of hydrogen-bond acceptors (Lipinski definition) is 7. The Morgan fingerprint density at radius 1 is 0.379 bits per heavy atom. The highest BCUT2D eigenvalue weighted by atomic mass is 15.4. The van der Waals surface area contributed by atoms with Gasteiger partial charge in [0, 0.05) is 27.1 Å². The topological polar surface area (TPSA) is 61.5 Å². The standard InChI is InChI=1S/C57H35N9/c1-4-22-40-34(16-1)37-19-13-31-49-52(37)61(40)43-25-7-10-28-46(43)64(49)55-58-56(65-47-29-11-8-26-44(47)62-41-23-5-2-17-35(41)38-20-14-32-50(65)53(38)62)60-57(59-55)66-48-30-12-9-27-45(48)63-42-24-6-3-18-36(42)39-21-15-33-51(66)54(39)63/h1-23,25-33,42H,24H2. The zero-order chi connectivity index (χ0) is 42.8. The minimum Gasteiger partial charge on any atom is -0.330 e. The molecule has 4 aliphatic heterocycles. The maximum atomic E-state index is 5.68. The molecule has 1 unspecified atom stereocenters. The van der Waals surface area contributed by atoms with Gasteiger partial charge in [-0.1, -0.05) is 127 Å². The summed E-state index contributed by atoms with van der Waals surface area (Å²) in [7, 11) is 0. The molecule has 8 aromatic carbocycles. The molecule has 308 valence electrons. The molecule has 1 atom stereocenters. The molecule has 0 amide bonds. The summed E-state index contributed by atoms with van der Waals surface area (Å²) in [6, 6.07) is 63.4. The van der Waals surface area contributed by atoms with Gasteiger partial charge in [0.05, 0.1) is 85.0 Å². The Labute approximate surface area is 378 Å². The Hall–Kier alpha value is -8.95. The summed E-state index contributed by atoms with van der Waals surface area (Å²) in [5, 5.41) is 4.76. The smallest absolute Gasteiger partial charge is 0.241 e. The third-order valence-corrected chi connectivity index (χ3v) is 14.4. The first-order valence-electron chi connectivity index (χ1n) is 22.6. The molecule has 5 aliphatic rings. The van der Waals surface area contributed by atoms with Crippen LogP contribution < -0.4 is 19.6 Å². The van der Waals surface area contributed by atoms with Crippen molar-refractivity contribution < 1.29 is 0 Å². The van der Waals surface area contributed by atoms with Crippen LogP contribution in [0.4, 0.5) is 63.3 Å². The average Bonchev–Trinajstić information content (AvgIpc) is 4.03. The van der Waals surface area contributed by atoms with Crippen molar-refractivity contribution in [2.24, 2.45) is 0 Å². The highest BCUT2D eigenvalue weighted by molar-refractivity contribution is 6.18. The maximum absolute atomic E-state index is 5.68. The molecule has 9 nitrogen and oxygen atoms in total. The van der Waals surface area contributed by atoms with Gasteiger partial charge in [0.15, 0.2) is 0 Å².